The monoisotopic (exact) mass is 329 g/mol. The van der Waals surface area contributed by atoms with Crippen LogP contribution in [0.3, 0.4) is 0 Å². The fourth-order valence-corrected chi connectivity index (χ4v) is 2.73. The van der Waals surface area contributed by atoms with Crippen LogP contribution in [0.1, 0.15) is 18.4 Å². The lowest BCUT2D eigenvalue weighted by atomic mass is 9.95. The highest BCUT2D eigenvalue weighted by Gasteiger charge is 2.50. The molecule has 0 spiro atoms. The van der Waals surface area contributed by atoms with Crippen molar-refractivity contribution < 1.29 is 18.7 Å². The molecule has 5 heteroatoms. The van der Waals surface area contributed by atoms with Gasteiger partial charge < -0.3 is 14.8 Å². The van der Waals surface area contributed by atoms with Crippen LogP contribution in [0, 0.1) is 5.82 Å². The molecule has 4 nitrogen and oxygen atoms in total. The summed E-state index contributed by atoms with van der Waals surface area (Å²) in [7, 11) is 1.60. The fraction of sp³-hybridized carbons (Fsp3) is 0.316. The summed E-state index contributed by atoms with van der Waals surface area (Å²) >= 11 is 0. The smallest absolute Gasteiger partial charge is 0.230 e. The summed E-state index contributed by atoms with van der Waals surface area (Å²) in [6.45, 7) is 0.789. The van der Waals surface area contributed by atoms with Gasteiger partial charge in [-0.3, -0.25) is 4.79 Å². The Morgan fingerprint density at radius 1 is 1.17 bits per heavy atom. The molecule has 1 saturated carbocycles. The molecule has 2 aromatic rings. The SMILES string of the molecule is COc1cccc(OCCNC(=O)C2(c3ccc(F)cc3)CC2)c1. The van der Waals surface area contributed by atoms with E-state index in [0.29, 0.717) is 18.9 Å². The second-order valence-corrected chi connectivity index (χ2v) is 5.87. The first-order valence-electron chi connectivity index (χ1n) is 7.95. The van der Waals surface area contributed by atoms with Gasteiger partial charge in [0.25, 0.3) is 0 Å². The van der Waals surface area contributed by atoms with Crippen molar-refractivity contribution in [1.29, 1.82) is 0 Å². The Morgan fingerprint density at radius 2 is 1.88 bits per heavy atom. The van der Waals surface area contributed by atoms with Gasteiger partial charge in [-0.1, -0.05) is 18.2 Å². The summed E-state index contributed by atoms with van der Waals surface area (Å²) < 4.78 is 23.8. The Morgan fingerprint density at radius 3 is 2.54 bits per heavy atom. The normalized spacial score (nSPS) is 14.8. The first-order valence-corrected chi connectivity index (χ1v) is 7.95. The van der Waals surface area contributed by atoms with E-state index in [9.17, 15) is 9.18 Å². The number of rotatable bonds is 7. The topological polar surface area (TPSA) is 47.6 Å². The maximum atomic E-state index is 13.0. The van der Waals surface area contributed by atoms with Crippen LogP contribution >= 0.6 is 0 Å². The number of amides is 1. The molecule has 2 aromatic carbocycles. The molecule has 1 N–H and O–H groups in total. The Labute approximate surface area is 140 Å². The molecule has 1 aliphatic rings. The minimum Gasteiger partial charge on any atom is -0.497 e. The molecule has 0 aliphatic heterocycles. The van der Waals surface area contributed by atoms with Gasteiger partial charge in [0.15, 0.2) is 0 Å². The molecule has 3 rings (SSSR count). The van der Waals surface area contributed by atoms with Crippen molar-refractivity contribution in [2.75, 3.05) is 20.3 Å². The summed E-state index contributed by atoms with van der Waals surface area (Å²) in [5, 5.41) is 2.91. The van der Waals surface area contributed by atoms with E-state index in [1.807, 2.05) is 18.2 Å². The maximum Gasteiger partial charge on any atom is 0.230 e. The lowest BCUT2D eigenvalue weighted by molar-refractivity contribution is -0.123. The van der Waals surface area contributed by atoms with E-state index in [4.69, 9.17) is 9.47 Å². The highest BCUT2D eigenvalue weighted by atomic mass is 19.1. The number of hydrogen-bond donors (Lipinski definition) is 1. The minimum absolute atomic E-state index is 0.0247. The first kappa shape index (κ1) is 16.3. The minimum atomic E-state index is -0.496. The number of hydrogen-bond acceptors (Lipinski definition) is 3. The van der Waals surface area contributed by atoms with E-state index >= 15 is 0 Å². The molecule has 0 radical (unpaired) electrons. The van der Waals surface area contributed by atoms with Gasteiger partial charge in [0.1, 0.15) is 23.9 Å². The number of nitrogens with one attached hydrogen (secondary N) is 1. The van der Waals surface area contributed by atoms with Gasteiger partial charge >= 0.3 is 0 Å². The number of methoxy groups -OCH3 is 1. The lowest BCUT2D eigenvalue weighted by Gasteiger charge is -2.16. The molecule has 0 unspecified atom stereocenters. The van der Waals surface area contributed by atoms with Gasteiger partial charge in [0.05, 0.1) is 19.1 Å². The summed E-state index contributed by atoms with van der Waals surface area (Å²) in [6, 6.07) is 13.5. The van der Waals surface area contributed by atoms with Crippen molar-refractivity contribution in [2.24, 2.45) is 0 Å². The number of carbonyl (C=O) groups is 1. The average Bonchev–Trinajstić information content (AvgIpc) is 3.41. The van der Waals surface area contributed by atoms with Gasteiger partial charge in [0.2, 0.25) is 5.91 Å². The molecular formula is C19H20FNO3. The molecule has 0 heterocycles. The van der Waals surface area contributed by atoms with Crippen molar-refractivity contribution >= 4 is 5.91 Å². The second-order valence-electron chi connectivity index (χ2n) is 5.87. The number of ether oxygens (including phenoxy) is 2. The van der Waals surface area contributed by atoms with Crippen LogP contribution in [0.5, 0.6) is 11.5 Å². The van der Waals surface area contributed by atoms with Crippen molar-refractivity contribution in [1.82, 2.24) is 5.32 Å². The maximum absolute atomic E-state index is 13.0. The van der Waals surface area contributed by atoms with Gasteiger partial charge in [-0.2, -0.15) is 0 Å². The van der Waals surface area contributed by atoms with Crippen LogP contribution in [0.4, 0.5) is 4.39 Å². The summed E-state index contributed by atoms with van der Waals surface area (Å²) in [6.07, 6.45) is 1.59. The Hall–Kier alpha value is -2.56. The Kier molecular flexibility index (Phi) is 4.69. The Balaban J connectivity index is 1.50. The van der Waals surface area contributed by atoms with Gasteiger partial charge in [-0.15, -0.1) is 0 Å². The van der Waals surface area contributed by atoms with Crippen LogP contribution in [0.25, 0.3) is 0 Å². The van der Waals surface area contributed by atoms with Crippen LogP contribution in [-0.4, -0.2) is 26.2 Å². The van der Waals surface area contributed by atoms with E-state index in [-0.39, 0.29) is 11.7 Å². The van der Waals surface area contributed by atoms with E-state index in [0.717, 1.165) is 24.2 Å². The van der Waals surface area contributed by atoms with Gasteiger partial charge in [0, 0.05) is 6.07 Å². The van der Waals surface area contributed by atoms with Gasteiger partial charge in [-0.05, 0) is 42.7 Å². The van der Waals surface area contributed by atoms with Crippen LogP contribution in [0.2, 0.25) is 0 Å². The number of benzene rings is 2. The second kappa shape index (κ2) is 6.91. The standard InChI is InChI=1S/C19H20FNO3/c1-23-16-3-2-4-17(13-16)24-12-11-21-18(22)19(9-10-19)14-5-7-15(20)8-6-14/h2-8,13H,9-12H2,1H3,(H,21,22). The van der Waals surface area contributed by atoms with Crippen LogP contribution < -0.4 is 14.8 Å². The summed E-state index contributed by atoms with van der Waals surface area (Å²) in [5.41, 5.74) is 0.374. The lowest BCUT2D eigenvalue weighted by Crippen LogP contribution is -2.37. The predicted octanol–water partition coefficient (Wildman–Crippen LogP) is 3.06. The third-order valence-corrected chi connectivity index (χ3v) is 4.28. The van der Waals surface area contributed by atoms with Crippen molar-refractivity contribution in [3.63, 3.8) is 0 Å². The molecule has 24 heavy (non-hydrogen) atoms. The third-order valence-electron chi connectivity index (χ3n) is 4.28. The van der Waals surface area contributed by atoms with E-state index in [1.54, 1.807) is 25.3 Å². The molecule has 1 fully saturated rings. The molecular weight excluding hydrogens is 309 g/mol. The summed E-state index contributed by atoms with van der Waals surface area (Å²) in [4.78, 5) is 12.4. The number of halogens is 1. The van der Waals surface area contributed by atoms with Crippen molar-refractivity contribution in [2.45, 2.75) is 18.3 Å². The van der Waals surface area contributed by atoms with E-state index in [2.05, 4.69) is 5.32 Å². The zero-order valence-electron chi connectivity index (χ0n) is 13.5. The molecule has 0 saturated heterocycles. The summed E-state index contributed by atoms with van der Waals surface area (Å²) in [5.74, 6) is 1.11. The van der Waals surface area contributed by atoms with Gasteiger partial charge in [-0.25, -0.2) is 4.39 Å². The van der Waals surface area contributed by atoms with E-state index in [1.165, 1.54) is 12.1 Å². The van der Waals surface area contributed by atoms with Crippen LogP contribution in [0.15, 0.2) is 48.5 Å². The molecule has 0 aromatic heterocycles. The largest absolute Gasteiger partial charge is 0.497 e. The zero-order valence-corrected chi connectivity index (χ0v) is 13.5. The molecule has 126 valence electrons. The van der Waals surface area contributed by atoms with Crippen LogP contribution in [-0.2, 0) is 10.2 Å². The third kappa shape index (κ3) is 3.50. The first-order chi connectivity index (χ1) is 11.6. The molecule has 1 aliphatic carbocycles. The Bertz CT molecular complexity index is 711. The van der Waals surface area contributed by atoms with Crippen molar-refractivity contribution in [3.05, 3.63) is 59.9 Å². The predicted molar refractivity (Wildman–Crippen MR) is 88.8 cm³/mol. The van der Waals surface area contributed by atoms with Crippen molar-refractivity contribution in [3.8, 4) is 11.5 Å². The zero-order chi connectivity index (χ0) is 17.0. The quantitative estimate of drug-likeness (QED) is 0.794. The molecule has 0 bridgehead atoms. The van der Waals surface area contributed by atoms with E-state index < -0.39 is 5.41 Å². The fourth-order valence-electron chi connectivity index (χ4n) is 2.73. The molecule has 0 atom stereocenters. The average molecular weight is 329 g/mol. The molecule has 1 amide bonds. The highest BCUT2D eigenvalue weighted by molar-refractivity contribution is 5.91. The number of carbonyl (C=O) groups excluding carboxylic acids is 1. The highest BCUT2D eigenvalue weighted by Crippen LogP contribution is 2.48.